The summed E-state index contributed by atoms with van der Waals surface area (Å²) in [6.45, 7) is 6.63. The van der Waals surface area contributed by atoms with Gasteiger partial charge in [-0.15, -0.1) is 13.2 Å². The molecule has 28 heavy (non-hydrogen) atoms. The first-order chi connectivity index (χ1) is 13.4. The second kappa shape index (κ2) is 7.65. The number of hydrogen-bond acceptors (Lipinski definition) is 5. The van der Waals surface area contributed by atoms with Crippen molar-refractivity contribution >= 4 is 17.2 Å². The molecule has 10 heteroatoms. The summed E-state index contributed by atoms with van der Waals surface area (Å²) in [5.74, 6) is 0. The molecule has 3 heterocycles. The maximum absolute atomic E-state index is 12.7. The minimum Gasteiger partial charge on any atom is -0.269 e. The molecular formula is C18H16ClN5O4. The first kappa shape index (κ1) is 19.3. The fourth-order valence-corrected chi connectivity index (χ4v) is 2.92. The molecule has 0 saturated carbocycles. The maximum Gasteiger partial charge on any atom is 0.336 e. The van der Waals surface area contributed by atoms with Crippen molar-refractivity contribution < 1.29 is 0 Å². The Hall–Kier alpha value is -3.46. The Morgan fingerprint density at radius 3 is 2.07 bits per heavy atom. The monoisotopic (exact) mass is 401 g/mol. The average Bonchev–Trinajstić information content (AvgIpc) is 2.66. The molecule has 3 aromatic rings. The van der Waals surface area contributed by atoms with Gasteiger partial charge in [0.1, 0.15) is 5.65 Å². The van der Waals surface area contributed by atoms with Crippen molar-refractivity contribution in [1.82, 2.24) is 23.1 Å². The van der Waals surface area contributed by atoms with Crippen molar-refractivity contribution in [2.45, 2.75) is 19.6 Å². The summed E-state index contributed by atoms with van der Waals surface area (Å²) in [6.07, 6.45) is 4.17. The lowest BCUT2D eigenvalue weighted by molar-refractivity contribution is 0.495. The van der Waals surface area contributed by atoms with E-state index in [4.69, 9.17) is 11.6 Å². The van der Waals surface area contributed by atoms with Gasteiger partial charge in [-0.3, -0.25) is 9.20 Å². The number of pyridine rings is 1. The third-order valence-corrected chi connectivity index (χ3v) is 4.23. The molecular weight excluding hydrogens is 386 g/mol. The number of aromatic nitrogens is 5. The molecule has 0 aliphatic rings. The van der Waals surface area contributed by atoms with Crippen molar-refractivity contribution in [3.63, 3.8) is 0 Å². The number of halogens is 1. The Kier molecular flexibility index (Phi) is 5.27. The number of nitrogens with zero attached hydrogens (tertiary/aromatic N) is 5. The average molecular weight is 402 g/mol. The van der Waals surface area contributed by atoms with E-state index >= 15 is 0 Å². The van der Waals surface area contributed by atoms with Gasteiger partial charge in [0.15, 0.2) is 0 Å². The lowest BCUT2D eigenvalue weighted by Crippen LogP contribution is -2.54. The summed E-state index contributed by atoms with van der Waals surface area (Å²) in [5, 5.41) is 0.365. The van der Waals surface area contributed by atoms with Crippen LogP contribution in [0.5, 0.6) is 0 Å². The topological polar surface area (TPSA) is 100 Å². The molecule has 0 unspecified atom stereocenters. The van der Waals surface area contributed by atoms with E-state index in [0.29, 0.717) is 10.7 Å². The number of rotatable bonds is 6. The highest BCUT2D eigenvalue weighted by molar-refractivity contribution is 6.30. The molecule has 9 nitrogen and oxygen atoms in total. The Bertz CT molecular complexity index is 1280. The highest BCUT2D eigenvalue weighted by Gasteiger charge is 2.15. The number of fused-ring (bicyclic) bond motifs is 1. The quantitative estimate of drug-likeness (QED) is 0.551. The van der Waals surface area contributed by atoms with E-state index in [9.17, 15) is 19.2 Å². The molecule has 0 aliphatic carbocycles. The summed E-state index contributed by atoms with van der Waals surface area (Å²) in [4.78, 5) is 54.3. The van der Waals surface area contributed by atoms with Gasteiger partial charge >= 0.3 is 17.1 Å². The highest BCUT2D eigenvalue weighted by Crippen LogP contribution is 2.08. The van der Waals surface area contributed by atoms with Crippen LogP contribution in [0.25, 0.3) is 5.65 Å². The van der Waals surface area contributed by atoms with E-state index in [1.807, 2.05) is 0 Å². The zero-order valence-corrected chi connectivity index (χ0v) is 15.5. The summed E-state index contributed by atoms with van der Waals surface area (Å²) in [6, 6.07) is 4.32. The first-order valence-electron chi connectivity index (χ1n) is 8.21. The fraction of sp³-hybridized carbons (Fsp3) is 0.167. The van der Waals surface area contributed by atoms with Gasteiger partial charge in [-0.05, 0) is 12.1 Å². The van der Waals surface area contributed by atoms with Gasteiger partial charge in [-0.2, -0.15) is 0 Å². The molecule has 0 atom stereocenters. The lowest BCUT2D eigenvalue weighted by Gasteiger charge is -2.12. The van der Waals surface area contributed by atoms with Crippen molar-refractivity contribution in [1.29, 1.82) is 0 Å². The fourth-order valence-electron chi connectivity index (χ4n) is 2.76. The van der Waals surface area contributed by atoms with E-state index in [1.54, 1.807) is 12.1 Å². The van der Waals surface area contributed by atoms with E-state index in [0.717, 1.165) is 13.7 Å². The van der Waals surface area contributed by atoms with Crippen LogP contribution in [0.4, 0.5) is 0 Å². The van der Waals surface area contributed by atoms with Crippen LogP contribution in [-0.4, -0.2) is 23.1 Å². The second-order valence-corrected chi connectivity index (χ2v) is 6.33. The van der Waals surface area contributed by atoms with Crippen molar-refractivity contribution in [2.24, 2.45) is 0 Å². The van der Waals surface area contributed by atoms with E-state index in [-0.39, 0.29) is 25.3 Å². The van der Waals surface area contributed by atoms with Crippen LogP contribution >= 0.6 is 11.6 Å². The molecule has 144 valence electrons. The summed E-state index contributed by atoms with van der Waals surface area (Å²) in [5.41, 5.74) is -2.29. The zero-order chi connectivity index (χ0) is 20.4. The van der Waals surface area contributed by atoms with Crippen LogP contribution in [0, 0.1) is 0 Å². The standard InChI is InChI=1S/C18H16ClN5O4/c1-3-7-21-16(26)22(8-4-2)18(28)24(17(21)27)11-13-9-15(25)23-10-12(19)5-6-14(23)20-13/h3-6,9-10H,1-2,7-8,11H2. The molecule has 0 N–H and O–H groups in total. The molecule has 0 aliphatic heterocycles. The maximum atomic E-state index is 12.7. The first-order valence-corrected chi connectivity index (χ1v) is 8.59. The molecule has 3 aromatic heterocycles. The molecule has 0 bridgehead atoms. The van der Waals surface area contributed by atoms with Gasteiger partial charge in [0.05, 0.1) is 30.4 Å². The smallest absolute Gasteiger partial charge is 0.269 e. The van der Waals surface area contributed by atoms with Crippen molar-refractivity contribution in [3.05, 3.63) is 102 Å². The van der Waals surface area contributed by atoms with Gasteiger partial charge in [-0.1, -0.05) is 23.8 Å². The second-order valence-electron chi connectivity index (χ2n) is 5.89. The molecule has 3 rings (SSSR count). The molecule has 0 amide bonds. The Morgan fingerprint density at radius 1 is 0.929 bits per heavy atom. The largest absolute Gasteiger partial charge is 0.336 e. The van der Waals surface area contributed by atoms with Crippen LogP contribution in [-0.2, 0) is 19.6 Å². The Morgan fingerprint density at radius 2 is 1.50 bits per heavy atom. The van der Waals surface area contributed by atoms with E-state index < -0.39 is 22.6 Å². The van der Waals surface area contributed by atoms with Gasteiger partial charge < -0.3 is 0 Å². The van der Waals surface area contributed by atoms with Crippen LogP contribution in [0.15, 0.2) is 68.9 Å². The third kappa shape index (κ3) is 3.39. The van der Waals surface area contributed by atoms with Crippen LogP contribution in [0.1, 0.15) is 5.69 Å². The van der Waals surface area contributed by atoms with Gasteiger partial charge in [0, 0.05) is 12.3 Å². The van der Waals surface area contributed by atoms with Crippen molar-refractivity contribution in [2.75, 3.05) is 0 Å². The summed E-state index contributed by atoms with van der Waals surface area (Å²) in [7, 11) is 0. The predicted octanol–water partition coefficient (Wildman–Crippen LogP) is 0.253. The SMILES string of the molecule is C=CCn1c(=O)n(CC=C)c(=O)n(Cc2cc(=O)n3cc(Cl)ccc3n2)c1=O. The number of hydrogen-bond donors (Lipinski definition) is 0. The lowest BCUT2D eigenvalue weighted by atomic mass is 10.3. The van der Waals surface area contributed by atoms with Gasteiger partial charge in [-0.25, -0.2) is 33.1 Å². The summed E-state index contributed by atoms with van der Waals surface area (Å²) < 4.78 is 3.86. The molecule has 0 saturated heterocycles. The van der Waals surface area contributed by atoms with Crippen LogP contribution < -0.4 is 22.6 Å². The Balaban J connectivity index is 2.22. The third-order valence-electron chi connectivity index (χ3n) is 4.01. The van der Waals surface area contributed by atoms with Gasteiger partial charge in [0.25, 0.3) is 5.56 Å². The Labute approximate surface area is 162 Å². The molecule has 0 spiro atoms. The van der Waals surface area contributed by atoms with E-state index in [2.05, 4.69) is 18.1 Å². The predicted molar refractivity (Wildman–Crippen MR) is 105 cm³/mol. The minimum atomic E-state index is -0.812. The molecule has 0 aromatic carbocycles. The zero-order valence-electron chi connectivity index (χ0n) is 14.7. The normalized spacial score (nSPS) is 10.9. The van der Waals surface area contributed by atoms with Gasteiger partial charge in [0.2, 0.25) is 0 Å². The van der Waals surface area contributed by atoms with E-state index in [1.165, 1.54) is 28.8 Å². The minimum absolute atomic E-state index is 0.0681. The number of allylic oxidation sites excluding steroid dienone is 2. The van der Waals surface area contributed by atoms with Crippen molar-refractivity contribution in [3.8, 4) is 0 Å². The molecule has 0 fully saturated rings. The molecule has 0 radical (unpaired) electrons. The summed E-state index contributed by atoms with van der Waals surface area (Å²) >= 11 is 5.89. The highest BCUT2D eigenvalue weighted by atomic mass is 35.5. The van der Waals surface area contributed by atoms with Crippen LogP contribution in [0.2, 0.25) is 5.02 Å². The van der Waals surface area contributed by atoms with Crippen LogP contribution in [0.3, 0.4) is 0 Å².